The number of hydrogen-bond donors (Lipinski definition) is 0. The third-order valence-corrected chi connectivity index (χ3v) is 2.14. The van der Waals surface area contributed by atoms with Crippen LogP contribution in [-0.2, 0) is 0 Å². The van der Waals surface area contributed by atoms with Gasteiger partial charge in [-0.1, -0.05) is 29.8 Å². The van der Waals surface area contributed by atoms with Crippen molar-refractivity contribution >= 4 is 28.8 Å². The lowest BCUT2D eigenvalue weighted by molar-refractivity contribution is 0.111. The lowest BCUT2D eigenvalue weighted by Gasteiger charge is -1.99. The number of fused-ring (bicyclic) bond motifs is 1. The Bertz CT molecular complexity index is 470. The number of nitrogens with zero attached hydrogens (tertiary/aromatic N) is 2. The zero-order valence-electron chi connectivity index (χ0n) is 6.57. The second-order valence-corrected chi connectivity index (χ2v) is 2.91. The molecule has 2 rings (SSSR count). The van der Waals surface area contributed by atoms with Crippen LogP contribution in [0.25, 0.3) is 10.9 Å². The minimum atomic E-state index is 0.181. The molecule has 1 heterocycles. The van der Waals surface area contributed by atoms with Crippen molar-refractivity contribution in [3.63, 3.8) is 0 Å². The van der Waals surface area contributed by atoms with Crippen LogP contribution < -0.4 is 0 Å². The van der Waals surface area contributed by atoms with E-state index in [1.54, 1.807) is 12.1 Å². The number of halogens is 1. The summed E-state index contributed by atoms with van der Waals surface area (Å²) in [5, 5.41) is 8.63. The molecule has 0 aliphatic heterocycles. The molecule has 0 bridgehead atoms. The quantitative estimate of drug-likeness (QED) is 0.650. The molecule has 0 atom stereocenters. The Morgan fingerprint density at radius 3 is 2.77 bits per heavy atom. The third-order valence-electron chi connectivity index (χ3n) is 1.74. The molecule has 0 unspecified atom stereocenters. The summed E-state index contributed by atoms with van der Waals surface area (Å²) in [5.41, 5.74) is 0.874. The highest BCUT2D eigenvalue weighted by Crippen LogP contribution is 2.22. The molecule has 64 valence electrons. The van der Waals surface area contributed by atoms with Gasteiger partial charge in [0, 0.05) is 5.39 Å². The van der Waals surface area contributed by atoms with E-state index in [4.69, 9.17) is 11.6 Å². The fraction of sp³-hybridized carbons (Fsp3) is 0. The SMILES string of the molecule is O=Cc1nnc2ccccc2c1Cl. The molecule has 1 aromatic carbocycles. The summed E-state index contributed by atoms with van der Waals surface area (Å²) in [4.78, 5) is 10.5. The average Bonchev–Trinajstić information content (AvgIpc) is 2.19. The topological polar surface area (TPSA) is 42.9 Å². The van der Waals surface area contributed by atoms with E-state index in [0.29, 0.717) is 16.8 Å². The number of aromatic nitrogens is 2. The number of aldehydes is 1. The van der Waals surface area contributed by atoms with Gasteiger partial charge in [0.25, 0.3) is 0 Å². The van der Waals surface area contributed by atoms with E-state index in [1.165, 1.54) is 0 Å². The van der Waals surface area contributed by atoms with Crippen LogP contribution in [0.5, 0.6) is 0 Å². The summed E-state index contributed by atoms with van der Waals surface area (Å²) in [7, 11) is 0. The van der Waals surface area contributed by atoms with Gasteiger partial charge in [0.1, 0.15) is 5.69 Å². The van der Waals surface area contributed by atoms with Crippen molar-refractivity contribution in [1.82, 2.24) is 10.2 Å². The summed E-state index contributed by atoms with van der Waals surface area (Å²) in [6.45, 7) is 0. The number of carbonyl (C=O) groups excluding carboxylic acids is 1. The first-order chi connectivity index (χ1) is 6.33. The lowest BCUT2D eigenvalue weighted by atomic mass is 10.2. The van der Waals surface area contributed by atoms with Gasteiger partial charge >= 0.3 is 0 Å². The first-order valence-electron chi connectivity index (χ1n) is 3.69. The molecule has 13 heavy (non-hydrogen) atoms. The van der Waals surface area contributed by atoms with Crippen molar-refractivity contribution in [2.24, 2.45) is 0 Å². The molecule has 0 aliphatic carbocycles. The fourth-order valence-corrected chi connectivity index (χ4v) is 1.35. The van der Waals surface area contributed by atoms with Gasteiger partial charge in [-0.3, -0.25) is 4.79 Å². The standard InChI is InChI=1S/C9H5ClN2O/c10-9-6-3-1-2-4-7(6)11-12-8(9)5-13/h1-5H. The summed E-state index contributed by atoms with van der Waals surface area (Å²) < 4.78 is 0. The molecular weight excluding hydrogens is 188 g/mol. The molecule has 0 amide bonds. The molecule has 0 N–H and O–H groups in total. The van der Waals surface area contributed by atoms with E-state index in [0.717, 1.165) is 5.39 Å². The molecule has 0 saturated carbocycles. The van der Waals surface area contributed by atoms with Crippen molar-refractivity contribution in [3.05, 3.63) is 35.0 Å². The van der Waals surface area contributed by atoms with E-state index >= 15 is 0 Å². The van der Waals surface area contributed by atoms with Crippen LogP contribution in [0.4, 0.5) is 0 Å². The smallest absolute Gasteiger partial charge is 0.171 e. The molecule has 3 nitrogen and oxygen atoms in total. The highest BCUT2D eigenvalue weighted by Gasteiger charge is 2.05. The van der Waals surface area contributed by atoms with Crippen molar-refractivity contribution in [2.45, 2.75) is 0 Å². The van der Waals surface area contributed by atoms with Gasteiger partial charge in [0.15, 0.2) is 6.29 Å². The second-order valence-electron chi connectivity index (χ2n) is 2.53. The first kappa shape index (κ1) is 8.13. The monoisotopic (exact) mass is 192 g/mol. The number of hydrogen-bond acceptors (Lipinski definition) is 3. The molecule has 2 aromatic rings. The molecule has 0 aliphatic rings. The Morgan fingerprint density at radius 1 is 1.23 bits per heavy atom. The van der Waals surface area contributed by atoms with E-state index in [2.05, 4.69) is 10.2 Å². The molecule has 0 fully saturated rings. The van der Waals surface area contributed by atoms with Crippen LogP contribution in [0.15, 0.2) is 24.3 Å². The van der Waals surface area contributed by atoms with Gasteiger partial charge in [-0.05, 0) is 6.07 Å². The van der Waals surface area contributed by atoms with Crippen molar-refractivity contribution < 1.29 is 4.79 Å². The van der Waals surface area contributed by atoms with E-state index < -0.39 is 0 Å². The zero-order chi connectivity index (χ0) is 9.26. The lowest BCUT2D eigenvalue weighted by Crippen LogP contribution is -1.93. The van der Waals surface area contributed by atoms with Crippen LogP contribution in [0.3, 0.4) is 0 Å². The van der Waals surface area contributed by atoms with Crippen LogP contribution in [0.2, 0.25) is 5.02 Å². The largest absolute Gasteiger partial charge is 0.296 e. The van der Waals surface area contributed by atoms with Gasteiger partial charge in [-0.25, -0.2) is 0 Å². The Labute approximate surface area is 79.4 Å². The summed E-state index contributed by atoms with van der Waals surface area (Å²) in [6, 6.07) is 7.28. The van der Waals surface area contributed by atoms with Crippen LogP contribution >= 0.6 is 11.6 Å². The minimum Gasteiger partial charge on any atom is -0.296 e. The van der Waals surface area contributed by atoms with Crippen molar-refractivity contribution in [2.75, 3.05) is 0 Å². The van der Waals surface area contributed by atoms with Crippen LogP contribution in [-0.4, -0.2) is 16.5 Å². The highest BCUT2D eigenvalue weighted by atomic mass is 35.5. The third kappa shape index (κ3) is 1.27. The first-order valence-corrected chi connectivity index (χ1v) is 4.07. The van der Waals surface area contributed by atoms with Crippen LogP contribution in [0, 0.1) is 0 Å². The minimum absolute atomic E-state index is 0.181. The highest BCUT2D eigenvalue weighted by molar-refractivity contribution is 6.37. The van der Waals surface area contributed by atoms with E-state index in [-0.39, 0.29) is 5.69 Å². The van der Waals surface area contributed by atoms with Gasteiger partial charge in [-0.15, -0.1) is 10.2 Å². The van der Waals surface area contributed by atoms with E-state index in [9.17, 15) is 4.79 Å². The average molecular weight is 193 g/mol. The Morgan fingerprint density at radius 2 is 2.00 bits per heavy atom. The Balaban J connectivity index is 2.86. The predicted molar refractivity (Wildman–Crippen MR) is 49.9 cm³/mol. The van der Waals surface area contributed by atoms with Gasteiger partial charge < -0.3 is 0 Å². The van der Waals surface area contributed by atoms with Crippen LogP contribution in [0.1, 0.15) is 10.5 Å². The van der Waals surface area contributed by atoms with Crippen molar-refractivity contribution in [3.8, 4) is 0 Å². The molecule has 4 heteroatoms. The maximum absolute atomic E-state index is 10.5. The molecule has 0 radical (unpaired) electrons. The Hall–Kier alpha value is -1.48. The van der Waals surface area contributed by atoms with Crippen molar-refractivity contribution in [1.29, 1.82) is 0 Å². The summed E-state index contributed by atoms with van der Waals surface area (Å²) in [5.74, 6) is 0. The predicted octanol–water partition coefficient (Wildman–Crippen LogP) is 2.10. The Kier molecular flexibility index (Phi) is 1.94. The molecule has 0 saturated heterocycles. The van der Waals surface area contributed by atoms with Gasteiger partial charge in [0.2, 0.25) is 0 Å². The number of rotatable bonds is 1. The summed E-state index contributed by atoms with van der Waals surface area (Å²) in [6.07, 6.45) is 0.599. The second kappa shape index (κ2) is 3.11. The fourth-order valence-electron chi connectivity index (χ4n) is 1.11. The maximum Gasteiger partial charge on any atom is 0.171 e. The van der Waals surface area contributed by atoms with Gasteiger partial charge in [-0.2, -0.15) is 0 Å². The summed E-state index contributed by atoms with van der Waals surface area (Å²) >= 11 is 5.91. The molecule has 1 aromatic heterocycles. The normalized spacial score (nSPS) is 10.2. The maximum atomic E-state index is 10.5. The molecular formula is C9H5ClN2O. The molecule has 0 spiro atoms. The number of carbonyl (C=O) groups is 1. The van der Waals surface area contributed by atoms with E-state index in [1.807, 2.05) is 12.1 Å². The number of benzene rings is 1. The zero-order valence-corrected chi connectivity index (χ0v) is 7.32. The van der Waals surface area contributed by atoms with Gasteiger partial charge in [0.05, 0.1) is 10.5 Å².